The zero-order valence-electron chi connectivity index (χ0n) is 17.0. The van der Waals surface area contributed by atoms with E-state index in [-0.39, 0.29) is 5.41 Å². The lowest BCUT2D eigenvalue weighted by Gasteiger charge is -2.35. The molecular weight excluding hydrogens is 350 g/mol. The highest BCUT2D eigenvalue weighted by Crippen LogP contribution is 2.39. The van der Waals surface area contributed by atoms with E-state index in [1.165, 1.54) is 24.0 Å². The third-order valence-electron chi connectivity index (χ3n) is 5.97. The van der Waals surface area contributed by atoms with Gasteiger partial charge in [-0.3, -0.25) is 4.90 Å². The summed E-state index contributed by atoms with van der Waals surface area (Å²) < 4.78 is 17.0. The van der Waals surface area contributed by atoms with Gasteiger partial charge in [0.2, 0.25) is 0 Å². The van der Waals surface area contributed by atoms with Crippen LogP contribution in [0.1, 0.15) is 37.3 Å². The van der Waals surface area contributed by atoms with Gasteiger partial charge >= 0.3 is 0 Å². The van der Waals surface area contributed by atoms with Gasteiger partial charge in [-0.25, -0.2) is 0 Å². The van der Waals surface area contributed by atoms with Gasteiger partial charge in [-0.1, -0.05) is 24.3 Å². The molecule has 1 atom stereocenters. The SMILES string of the molecule is CCOc1ccc(CN(C[C@@]2(c3cccc(OC)c3)CCOC2)C2CC2)cc1. The van der Waals surface area contributed by atoms with E-state index in [9.17, 15) is 0 Å². The van der Waals surface area contributed by atoms with E-state index in [2.05, 4.69) is 47.4 Å². The lowest BCUT2D eigenvalue weighted by atomic mass is 9.79. The Kier molecular flexibility index (Phi) is 5.88. The molecule has 0 N–H and O–H groups in total. The molecule has 4 nitrogen and oxygen atoms in total. The highest BCUT2D eigenvalue weighted by molar-refractivity contribution is 5.35. The minimum absolute atomic E-state index is 0.0440. The standard InChI is InChI=1S/C24H31NO3/c1-3-28-22-11-7-19(8-12-22)16-25(21-9-10-21)17-24(13-14-27-18-24)20-5-4-6-23(15-20)26-2/h4-8,11-12,15,21H,3,9-10,13-14,16-18H2,1-2H3/t24-/m0/s1. The first kappa shape index (κ1) is 19.3. The molecule has 28 heavy (non-hydrogen) atoms. The molecule has 1 aliphatic carbocycles. The molecule has 2 aromatic rings. The van der Waals surface area contributed by atoms with E-state index in [1.54, 1.807) is 7.11 Å². The van der Waals surface area contributed by atoms with Gasteiger partial charge in [-0.15, -0.1) is 0 Å². The summed E-state index contributed by atoms with van der Waals surface area (Å²) in [6.45, 7) is 6.34. The van der Waals surface area contributed by atoms with E-state index < -0.39 is 0 Å². The first-order valence-corrected chi connectivity index (χ1v) is 10.4. The van der Waals surface area contributed by atoms with Crippen molar-refractivity contribution in [1.29, 1.82) is 0 Å². The lowest BCUT2D eigenvalue weighted by molar-refractivity contribution is 0.143. The second-order valence-electron chi connectivity index (χ2n) is 8.03. The highest BCUT2D eigenvalue weighted by atomic mass is 16.5. The maximum absolute atomic E-state index is 5.90. The molecule has 2 fully saturated rings. The molecule has 0 amide bonds. The van der Waals surface area contributed by atoms with Gasteiger partial charge in [0.05, 0.1) is 20.3 Å². The van der Waals surface area contributed by atoms with Gasteiger partial charge in [0, 0.05) is 31.2 Å². The largest absolute Gasteiger partial charge is 0.497 e. The van der Waals surface area contributed by atoms with Crippen molar-refractivity contribution in [3.8, 4) is 11.5 Å². The molecule has 0 spiro atoms. The third kappa shape index (κ3) is 4.34. The Balaban J connectivity index is 1.53. The lowest BCUT2D eigenvalue weighted by Crippen LogP contribution is -2.42. The van der Waals surface area contributed by atoms with Crippen molar-refractivity contribution in [2.24, 2.45) is 0 Å². The Morgan fingerprint density at radius 3 is 2.57 bits per heavy atom. The molecule has 150 valence electrons. The molecule has 1 saturated heterocycles. The Labute approximate surface area is 168 Å². The van der Waals surface area contributed by atoms with E-state index >= 15 is 0 Å². The van der Waals surface area contributed by atoms with Gasteiger partial charge in [-0.05, 0) is 61.6 Å². The van der Waals surface area contributed by atoms with Crippen molar-refractivity contribution in [2.45, 2.75) is 44.2 Å². The summed E-state index contributed by atoms with van der Waals surface area (Å²) in [4.78, 5) is 2.66. The van der Waals surface area contributed by atoms with Crippen molar-refractivity contribution >= 4 is 0 Å². The summed E-state index contributed by atoms with van der Waals surface area (Å²) in [7, 11) is 1.74. The molecule has 1 heterocycles. The maximum Gasteiger partial charge on any atom is 0.119 e. The molecule has 4 heteroatoms. The number of hydrogen-bond donors (Lipinski definition) is 0. The van der Waals surface area contributed by atoms with E-state index in [0.29, 0.717) is 12.6 Å². The van der Waals surface area contributed by atoms with Crippen LogP contribution in [-0.2, 0) is 16.7 Å². The van der Waals surface area contributed by atoms with Crippen LogP contribution in [0.3, 0.4) is 0 Å². The molecule has 0 bridgehead atoms. The summed E-state index contributed by atoms with van der Waals surface area (Å²) in [6.07, 6.45) is 3.66. The van der Waals surface area contributed by atoms with Crippen molar-refractivity contribution in [3.63, 3.8) is 0 Å². The second-order valence-corrected chi connectivity index (χ2v) is 8.03. The molecule has 2 aliphatic rings. The van der Waals surface area contributed by atoms with Crippen molar-refractivity contribution in [2.75, 3.05) is 33.5 Å². The van der Waals surface area contributed by atoms with E-state index in [1.807, 2.05) is 13.0 Å². The molecule has 0 unspecified atom stereocenters. The third-order valence-corrected chi connectivity index (χ3v) is 5.97. The van der Waals surface area contributed by atoms with Crippen LogP contribution in [0.4, 0.5) is 0 Å². The summed E-state index contributed by atoms with van der Waals surface area (Å²) in [6, 6.07) is 17.8. The van der Waals surface area contributed by atoms with E-state index in [4.69, 9.17) is 14.2 Å². The average Bonchev–Trinajstić information content (AvgIpc) is 3.48. The normalized spacial score (nSPS) is 21.8. The van der Waals surface area contributed by atoms with Crippen molar-refractivity contribution < 1.29 is 14.2 Å². The second kappa shape index (κ2) is 8.54. The number of nitrogens with zero attached hydrogens (tertiary/aromatic N) is 1. The fourth-order valence-electron chi connectivity index (χ4n) is 4.24. The van der Waals surface area contributed by atoms with Crippen LogP contribution < -0.4 is 9.47 Å². The summed E-state index contributed by atoms with van der Waals surface area (Å²) >= 11 is 0. The van der Waals surface area contributed by atoms with Crippen LogP contribution in [0.25, 0.3) is 0 Å². The summed E-state index contributed by atoms with van der Waals surface area (Å²) in [5.41, 5.74) is 2.72. The zero-order chi connectivity index (χ0) is 19.4. The van der Waals surface area contributed by atoms with Crippen LogP contribution in [0, 0.1) is 0 Å². The molecule has 2 aromatic carbocycles. The predicted molar refractivity (Wildman–Crippen MR) is 111 cm³/mol. The molecule has 1 saturated carbocycles. The van der Waals surface area contributed by atoms with Gasteiger partial charge in [-0.2, -0.15) is 0 Å². The Morgan fingerprint density at radius 1 is 1.11 bits per heavy atom. The smallest absolute Gasteiger partial charge is 0.119 e. The molecule has 0 radical (unpaired) electrons. The van der Waals surface area contributed by atoms with Crippen LogP contribution in [0.15, 0.2) is 48.5 Å². The average molecular weight is 382 g/mol. The quantitative estimate of drug-likeness (QED) is 0.643. The number of methoxy groups -OCH3 is 1. The highest BCUT2D eigenvalue weighted by Gasteiger charge is 2.41. The van der Waals surface area contributed by atoms with Gasteiger partial charge in [0.1, 0.15) is 11.5 Å². The van der Waals surface area contributed by atoms with Crippen LogP contribution in [-0.4, -0.2) is 44.4 Å². The Morgan fingerprint density at radius 2 is 1.93 bits per heavy atom. The summed E-state index contributed by atoms with van der Waals surface area (Å²) in [5.74, 6) is 1.87. The molecule has 4 rings (SSSR count). The maximum atomic E-state index is 5.90. The first-order chi connectivity index (χ1) is 13.7. The molecule has 1 aliphatic heterocycles. The Hall–Kier alpha value is -2.04. The van der Waals surface area contributed by atoms with Crippen molar-refractivity contribution in [3.05, 3.63) is 59.7 Å². The summed E-state index contributed by atoms with van der Waals surface area (Å²) in [5, 5.41) is 0. The van der Waals surface area contributed by atoms with Gasteiger partial charge in [0.15, 0.2) is 0 Å². The number of rotatable bonds is 9. The van der Waals surface area contributed by atoms with Crippen LogP contribution >= 0.6 is 0 Å². The molecular formula is C24H31NO3. The molecule has 0 aromatic heterocycles. The minimum Gasteiger partial charge on any atom is -0.497 e. The predicted octanol–water partition coefficient (Wildman–Crippen LogP) is 4.42. The monoisotopic (exact) mass is 381 g/mol. The Bertz CT molecular complexity index is 764. The van der Waals surface area contributed by atoms with Gasteiger partial charge < -0.3 is 14.2 Å². The number of hydrogen-bond acceptors (Lipinski definition) is 4. The fourth-order valence-corrected chi connectivity index (χ4v) is 4.24. The van der Waals surface area contributed by atoms with Crippen LogP contribution in [0.5, 0.6) is 11.5 Å². The minimum atomic E-state index is 0.0440. The van der Waals surface area contributed by atoms with E-state index in [0.717, 1.165) is 44.2 Å². The topological polar surface area (TPSA) is 30.9 Å². The van der Waals surface area contributed by atoms with Crippen molar-refractivity contribution in [1.82, 2.24) is 4.90 Å². The zero-order valence-corrected chi connectivity index (χ0v) is 17.0. The van der Waals surface area contributed by atoms with Crippen LogP contribution in [0.2, 0.25) is 0 Å². The number of benzene rings is 2. The first-order valence-electron chi connectivity index (χ1n) is 10.4. The fraction of sp³-hybridized carbons (Fsp3) is 0.500. The number of ether oxygens (including phenoxy) is 3. The van der Waals surface area contributed by atoms with Gasteiger partial charge in [0.25, 0.3) is 0 Å².